The molecule has 10 heteroatoms. The predicted octanol–water partition coefficient (Wildman–Crippen LogP) is 4.25. The van der Waals surface area contributed by atoms with Crippen LogP contribution in [-0.4, -0.2) is 43.9 Å². The number of aromatic nitrogens is 1. The number of hydrogen-bond acceptors (Lipinski definition) is 5. The van der Waals surface area contributed by atoms with E-state index >= 15 is 0 Å². The summed E-state index contributed by atoms with van der Waals surface area (Å²) in [6, 6.07) is 9.28. The Morgan fingerprint density at radius 1 is 1.00 bits per heavy atom. The van der Waals surface area contributed by atoms with Crippen molar-refractivity contribution in [3.8, 4) is 11.3 Å². The minimum atomic E-state index is -3.66. The van der Waals surface area contributed by atoms with Crippen LogP contribution in [0.15, 0.2) is 52.7 Å². The monoisotopic (exact) mass is 455 g/mol. The van der Waals surface area contributed by atoms with Crippen LogP contribution < -0.4 is 4.90 Å². The number of hydrogen-bond donors (Lipinski definition) is 0. The zero-order valence-electron chi connectivity index (χ0n) is 15.1. The Hall–Kier alpha value is -2.07. The molecular weight excluding hydrogens is 440 g/mol. The molecule has 2 heterocycles. The van der Waals surface area contributed by atoms with Gasteiger partial charge in [-0.2, -0.15) is 4.31 Å². The summed E-state index contributed by atoms with van der Waals surface area (Å²) in [6.45, 7) is 1.57. The molecule has 2 aromatic carbocycles. The van der Waals surface area contributed by atoms with Crippen molar-refractivity contribution in [1.29, 1.82) is 0 Å². The number of rotatable bonds is 4. The highest BCUT2D eigenvalue weighted by Crippen LogP contribution is 2.30. The SMILES string of the molecule is O=S(=O)(c1ccc(F)cc1)N1CCN(c2nc(-c3ccc(F)c(Cl)c3)cs2)CC1. The summed E-state index contributed by atoms with van der Waals surface area (Å²) in [5.41, 5.74) is 1.41. The van der Waals surface area contributed by atoms with Crippen molar-refractivity contribution in [1.82, 2.24) is 9.29 Å². The number of sulfonamides is 1. The lowest BCUT2D eigenvalue weighted by atomic mass is 10.2. The average Bonchev–Trinajstić information content (AvgIpc) is 3.21. The zero-order valence-corrected chi connectivity index (χ0v) is 17.4. The van der Waals surface area contributed by atoms with E-state index in [4.69, 9.17) is 11.6 Å². The van der Waals surface area contributed by atoms with Gasteiger partial charge in [0, 0.05) is 37.1 Å². The molecule has 4 rings (SSSR count). The number of piperazine rings is 1. The minimum Gasteiger partial charge on any atom is -0.345 e. The predicted molar refractivity (Wildman–Crippen MR) is 110 cm³/mol. The molecular formula is C19H16ClF2N3O2S2. The number of benzene rings is 2. The van der Waals surface area contributed by atoms with Gasteiger partial charge in [0.1, 0.15) is 11.6 Å². The van der Waals surface area contributed by atoms with Crippen LogP contribution in [0.1, 0.15) is 0 Å². The molecule has 1 fully saturated rings. The molecule has 3 aromatic rings. The number of nitrogens with zero attached hydrogens (tertiary/aromatic N) is 3. The zero-order chi connectivity index (χ0) is 20.6. The normalized spacial score (nSPS) is 15.6. The van der Waals surface area contributed by atoms with Crippen LogP contribution >= 0.6 is 22.9 Å². The van der Waals surface area contributed by atoms with Crippen LogP contribution in [0.5, 0.6) is 0 Å². The lowest BCUT2D eigenvalue weighted by Crippen LogP contribution is -2.48. The van der Waals surface area contributed by atoms with Gasteiger partial charge in [0.25, 0.3) is 0 Å². The molecule has 0 saturated carbocycles. The molecule has 1 saturated heterocycles. The number of thiazole rings is 1. The second-order valence-electron chi connectivity index (χ2n) is 6.49. The van der Waals surface area contributed by atoms with E-state index in [1.54, 1.807) is 6.07 Å². The molecule has 152 valence electrons. The Labute approximate surface area is 176 Å². The van der Waals surface area contributed by atoms with Crippen molar-refractivity contribution in [2.45, 2.75) is 4.90 Å². The summed E-state index contributed by atoms with van der Waals surface area (Å²) in [5, 5.41) is 2.66. The Bertz CT molecular complexity index is 1130. The van der Waals surface area contributed by atoms with Crippen LogP contribution in [-0.2, 0) is 10.0 Å². The molecule has 1 aromatic heterocycles. The van der Waals surface area contributed by atoms with E-state index in [0.29, 0.717) is 31.9 Å². The third-order valence-electron chi connectivity index (χ3n) is 4.67. The van der Waals surface area contributed by atoms with Crippen molar-refractivity contribution < 1.29 is 17.2 Å². The van der Waals surface area contributed by atoms with Gasteiger partial charge in [-0.05, 0) is 42.5 Å². The van der Waals surface area contributed by atoms with Crippen LogP contribution in [0.25, 0.3) is 11.3 Å². The van der Waals surface area contributed by atoms with Gasteiger partial charge in [-0.1, -0.05) is 11.6 Å². The fourth-order valence-corrected chi connectivity index (χ4v) is 5.56. The van der Waals surface area contributed by atoms with Gasteiger partial charge in [0.15, 0.2) is 5.13 Å². The first-order chi connectivity index (χ1) is 13.8. The molecule has 0 aliphatic carbocycles. The van der Waals surface area contributed by atoms with E-state index in [-0.39, 0.29) is 9.92 Å². The molecule has 0 amide bonds. The van der Waals surface area contributed by atoms with E-state index < -0.39 is 21.7 Å². The average molecular weight is 456 g/mol. The quantitative estimate of drug-likeness (QED) is 0.590. The smallest absolute Gasteiger partial charge is 0.243 e. The summed E-state index contributed by atoms with van der Waals surface area (Å²) in [4.78, 5) is 6.67. The molecule has 1 aliphatic heterocycles. The largest absolute Gasteiger partial charge is 0.345 e. The second-order valence-corrected chi connectivity index (χ2v) is 9.67. The van der Waals surface area contributed by atoms with Crippen LogP contribution in [0, 0.1) is 11.6 Å². The first-order valence-corrected chi connectivity index (χ1v) is 11.5. The van der Waals surface area contributed by atoms with Gasteiger partial charge in [0.2, 0.25) is 10.0 Å². The van der Waals surface area contributed by atoms with Crippen molar-refractivity contribution in [2.24, 2.45) is 0 Å². The molecule has 0 bridgehead atoms. The Morgan fingerprint density at radius 2 is 1.69 bits per heavy atom. The summed E-state index contributed by atoms with van der Waals surface area (Å²) >= 11 is 7.28. The van der Waals surface area contributed by atoms with Crippen molar-refractivity contribution >= 4 is 38.1 Å². The lowest BCUT2D eigenvalue weighted by Gasteiger charge is -2.33. The van der Waals surface area contributed by atoms with Gasteiger partial charge < -0.3 is 4.90 Å². The van der Waals surface area contributed by atoms with Crippen LogP contribution in [0.2, 0.25) is 5.02 Å². The minimum absolute atomic E-state index is 0.0386. The van der Waals surface area contributed by atoms with E-state index in [2.05, 4.69) is 4.98 Å². The van der Waals surface area contributed by atoms with Gasteiger partial charge in [-0.15, -0.1) is 11.3 Å². The molecule has 0 N–H and O–H groups in total. The standard InChI is InChI=1S/C19H16ClF2N3O2S2/c20-16-11-13(1-6-17(16)22)18-12-28-19(23-18)24-7-9-25(10-8-24)29(26,27)15-4-2-14(21)3-5-15/h1-6,11-12H,7-10H2. The van der Waals surface area contributed by atoms with Gasteiger partial charge in [0.05, 0.1) is 15.6 Å². The van der Waals surface area contributed by atoms with Crippen molar-refractivity contribution in [3.05, 3.63) is 64.5 Å². The topological polar surface area (TPSA) is 53.5 Å². The summed E-state index contributed by atoms with van der Waals surface area (Å²) < 4.78 is 53.3. The maximum atomic E-state index is 13.4. The first kappa shape index (κ1) is 20.2. The Kier molecular flexibility index (Phi) is 5.56. The summed E-state index contributed by atoms with van der Waals surface area (Å²) in [5.74, 6) is -0.958. The van der Waals surface area contributed by atoms with E-state index in [1.165, 1.54) is 39.9 Å². The molecule has 5 nitrogen and oxygen atoms in total. The van der Waals surface area contributed by atoms with Crippen molar-refractivity contribution in [3.63, 3.8) is 0 Å². The first-order valence-electron chi connectivity index (χ1n) is 8.76. The number of halogens is 3. The maximum absolute atomic E-state index is 13.4. The van der Waals surface area contributed by atoms with Crippen LogP contribution in [0.4, 0.5) is 13.9 Å². The Morgan fingerprint density at radius 3 is 2.34 bits per heavy atom. The highest BCUT2D eigenvalue weighted by Gasteiger charge is 2.29. The van der Waals surface area contributed by atoms with Gasteiger partial charge in [-0.3, -0.25) is 0 Å². The molecule has 0 radical (unpaired) electrons. The molecule has 29 heavy (non-hydrogen) atoms. The van der Waals surface area contributed by atoms with E-state index in [1.807, 2.05) is 10.3 Å². The molecule has 1 aliphatic rings. The lowest BCUT2D eigenvalue weighted by molar-refractivity contribution is 0.384. The van der Waals surface area contributed by atoms with E-state index in [0.717, 1.165) is 22.8 Å². The van der Waals surface area contributed by atoms with E-state index in [9.17, 15) is 17.2 Å². The fraction of sp³-hybridized carbons (Fsp3) is 0.211. The molecule has 0 spiro atoms. The third kappa shape index (κ3) is 4.13. The maximum Gasteiger partial charge on any atom is 0.243 e. The van der Waals surface area contributed by atoms with Crippen LogP contribution in [0.3, 0.4) is 0 Å². The summed E-state index contributed by atoms with van der Waals surface area (Å²) in [6.07, 6.45) is 0. The van der Waals surface area contributed by atoms with Gasteiger partial charge >= 0.3 is 0 Å². The molecule has 0 atom stereocenters. The summed E-state index contributed by atoms with van der Waals surface area (Å²) in [7, 11) is -3.66. The highest BCUT2D eigenvalue weighted by molar-refractivity contribution is 7.89. The highest BCUT2D eigenvalue weighted by atomic mass is 35.5. The van der Waals surface area contributed by atoms with Gasteiger partial charge in [-0.25, -0.2) is 22.2 Å². The molecule has 0 unspecified atom stereocenters. The second kappa shape index (κ2) is 7.98. The Balaban J connectivity index is 1.45. The number of anilines is 1. The third-order valence-corrected chi connectivity index (χ3v) is 7.77. The van der Waals surface area contributed by atoms with Crippen molar-refractivity contribution in [2.75, 3.05) is 31.1 Å². The fourth-order valence-electron chi connectivity index (χ4n) is 3.07.